The summed E-state index contributed by atoms with van der Waals surface area (Å²) < 4.78 is 5.37. The number of ketones is 1. The Balaban J connectivity index is 2.33. The number of piperidine rings is 1. The molecule has 1 aliphatic carbocycles. The third-order valence-corrected chi connectivity index (χ3v) is 7.12. The number of alkyl carbamates (subject to hydrolysis) is 1. The van der Waals surface area contributed by atoms with Gasteiger partial charge in [-0.3, -0.25) is 19.2 Å². The van der Waals surface area contributed by atoms with Crippen molar-refractivity contribution < 1.29 is 28.7 Å². The molecule has 204 valence electrons. The average molecular weight is 509 g/mol. The number of fused-ring (bicyclic) bond motifs is 1. The number of nitrogens with two attached hydrogens (primary N) is 1. The molecule has 4 amide bonds. The lowest BCUT2D eigenvalue weighted by Gasteiger charge is -2.38. The van der Waals surface area contributed by atoms with Crippen LogP contribution in [0, 0.1) is 28.6 Å². The fraction of sp³-hybridized carbons (Fsp3) is 0.808. The Hall–Kier alpha value is -2.65. The van der Waals surface area contributed by atoms with Gasteiger partial charge in [0, 0.05) is 6.54 Å². The quantitative estimate of drug-likeness (QED) is 0.427. The third kappa shape index (κ3) is 6.56. The Morgan fingerprint density at radius 1 is 1.03 bits per heavy atom. The lowest BCUT2D eigenvalue weighted by atomic mass is 9.85. The van der Waals surface area contributed by atoms with Gasteiger partial charge in [0.05, 0.1) is 6.04 Å². The summed E-state index contributed by atoms with van der Waals surface area (Å²) in [5, 5.41) is 5.41. The number of Topliss-reactive ketones (excluding diaryl/α,β-unsaturated/α-hetero) is 1. The zero-order valence-corrected chi connectivity index (χ0v) is 23.4. The van der Waals surface area contributed by atoms with E-state index in [1.54, 1.807) is 20.8 Å². The molecule has 2 fully saturated rings. The summed E-state index contributed by atoms with van der Waals surface area (Å²) in [6.07, 6.45) is -0.471. The molecule has 0 aromatic heterocycles. The van der Waals surface area contributed by atoms with Crippen LogP contribution in [0.5, 0.6) is 0 Å². The zero-order valence-electron chi connectivity index (χ0n) is 23.4. The van der Waals surface area contributed by atoms with Gasteiger partial charge in [0.2, 0.25) is 17.6 Å². The largest absolute Gasteiger partial charge is 0.444 e. The number of amides is 4. The number of hydrogen-bond donors (Lipinski definition) is 3. The maximum absolute atomic E-state index is 13.8. The van der Waals surface area contributed by atoms with Crippen molar-refractivity contribution in [2.45, 2.75) is 99.4 Å². The van der Waals surface area contributed by atoms with E-state index in [1.165, 1.54) is 4.90 Å². The molecule has 4 N–H and O–H groups in total. The summed E-state index contributed by atoms with van der Waals surface area (Å²) in [6.45, 7) is 18.9. The van der Waals surface area contributed by atoms with Gasteiger partial charge in [-0.25, -0.2) is 4.79 Å². The van der Waals surface area contributed by atoms with Crippen LogP contribution in [0.15, 0.2) is 0 Å². The highest BCUT2D eigenvalue weighted by Crippen LogP contribution is 2.65. The Morgan fingerprint density at radius 2 is 1.58 bits per heavy atom. The second-order valence-corrected chi connectivity index (χ2v) is 13.3. The molecule has 0 radical (unpaired) electrons. The topological polar surface area (TPSA) is 148 Å². The molecule has 2 aliphatic rings. The lowest BCUT2D eigenvalue weighted by molar-refractivity contribution is -0.145. The van der Waals surface area contributed by atoms with Gasteiger partial charge in [-0.1, -0.05) is 48.5 Å². The maximum Gasteiger partial charge on any atom is 0.408 e. The van der Waals surface area contributed by atoms with E-state index in [4.69, 9.17) is 10.5 Å². The van der Waals surface area contributed by atoms with Crippen LogP contribution < -0.4 is 16.4 Å². The monoisotopic (exact) mass is 508 g/mol. The number of ether oxygens (including phenoxy) is 1. The van der Waals surface area contributed by atoms with E-state index in [1.807, 2.05) is 48.5 Å². The van der Waals surface area contributed by atoms with Gasteiger partial charge in [0.1, 0.15) is 17.7 Å². The minimum Gasteiger partial charge on any atom is -0.444 e. The normalized spacial score (nSPS) is 24.4. The minimum absolute atomic E-state index is 0.0216. The summed E-state index contributed by atoms with van der Waals surface area (Å²) in [5.74, 6) is -2.84. The van der Waals surface area contributed by atoms with Gasteiger partial charge in [0.15, 0.2) is 0 Å². The molecule has 1 aliphatic heterocycles. The number of hydrogen-bond acceptors (Lipinski definition) is 6. The van der Waals surface area contributed by atoms with Crippen molar-refractivity contribution in [2.24, 2.45) is 34.3 Å². The van der Waals surface area contributed by atoms with Crippen LogP contribution in [0.25, 0.3) is 0 Å². The van der Waals surface area contributed by atoms with E-state index in [-0.39, 0.29) is 29.6 Å². The molecule has 1 saturated carbocycles. The fourth-order valence-corrected chi connectivity index (χ4v) is 5.18. The molecule has 2 rings (SSSR count). The first kappa shape index (κ1) is 29.6. The van der Waals surface area contributed by atoms with E-state index in [0.717, 1.165) is 0 Å². The maximum atomic E-state index is 13.8. The summed E-state index contributed by atoms with van der Waals surface area (Å²) in [6, 6.07) is -2.84. The standard InChI is InChI=1S/C26H44N4O6/c1-13(2)11-15(18(31)20(27)32)28-21(33)17-16-14(26(16,9)10)12-30(17)22(34)19(24(3,4)5)29-23(35)36-25(6,7)8/h13-17,19H,11-12H2,1-10H3,(H2,27,32)(H,28,33)(H,29,35)/t14-,15-,16-,17?,19?/m0/s1. The van der Waals surface area contributed by atoms with Crippen LogP contribution in [0.3, 0.4) is 0 Å². The van der Waals surface area contributed by atoms with E-state index in [9.17, 15) is 24.0 Å². The van der Waals surface area contributed by atoms with Crippen molar-refractivity contribution in [2.75, 3.05) is 6.54 Å². The average Bonchev–Trinajstić information content (AvgIpc) is 3.03. The molecule has 0 aromatic carbocycles. The first-order valence-electron chi connectivity index (χ1n) is 12.6. The smallest absolute Gasteiger partial charge is 0.408 e. The molecule has 0 spiro atoms. The summed E-state index contributed by atoms with van der Waals surface area (Å²) in [4.78, 5) is 65.4. The lowest BCUT2D eigenvalue weighted by Crippen LogP contribution is -2.60. The van der Waals surface area contributed by atoms with Crippen LogP contribution in [0.1, 0.15) is 75.7 Å². The van der Waals surface area contributed by atoms with Crippen molar-refractivity contribution in [3.63, 3.8) is 0 Å². The zero-order chi connectivity index (χ0) is 28.0. The van der Waals surface area contributed by atoms with Crippen LogP contribution in [0.4, 0.5) is 4.79 Å². The van der Waals surface area contributed by atoms with E-state index in [0.29, 0.717) is 6.54 Å². The SMILES string of the molecule is CC(C)C[C@H](NC(=O)C1[C@@H]2[C@H](CN1C(=O)C(NC(=O)OC(C)(C)C)C(C)(C)C)C2(C)C)C(=O)C(N)=O. The van der Waals surface area contributed by atoms with Gasteiger partial charge in [-0.15, -0.1) is 0 Å². The molecule has 5 atom stereocenters. The second kappa shape index (κ2) is 10.0. The molecule has 36 heavy (non-hydrogen) atoms. The number of nitrogens with one attached hydrogen (secondary N) is 2. The first-order chi connectivity index (χ1) is 16.2. The van der Waals surface area contributed by atoms with E-state index in [2.05, 4.69) is 10.6 Å². The second-order valence-electron chi connectivity index (χ2n) is 13.3. The van der Waals surface area contributed by atoms with Gasteiger partial charge < -0.3 is 26.0 Å². The molecule has 10 nitrogen and oxygen atoms in total. The molecular weight excluding hydrogens is 464 g/mol. The van der Waals surface area contributed by atoms with Crippen LogP contribution in [-0.2, 0) is 23.9 Å². The number of carbonyl (C=O) groups is 5. The van der Waals surface area contributed by atoms with Crippen molar-refractivity contribution in [1.29, 1.82) is 0 Å². The number of carbonyl (C=O) groups excluding carboxylic acids is 5. The Morgan fingerprint density at radius 3 is 2.03 bits per heavy atom. The molecule has 0 bridgehead atoms. The van der Waals surface area contributed by atoms with Gasteiger partial charge in [-0.2, -0.15) is 0 Å². The fourth-order valence-electron chi connectivity index (χ4n) is 5.18. The molecule has 1 saturated heterocycles. The third-order valence-electron chi connectivity index (χ3n) is 7.12. The number of nitrogens with zero attached hydrogens (tertiary/aromatic N) is 1. The van der Waals surface area contributed by atoms with E-state index >= 15 is 0 Å². The number of likely N-dealkylation sites (tertiary alicyclic amines) is 1. The van der Waals surface area contributed by atoms with Crippen molar-refractivity contribution in [1.82, 2.24) is 15.5 Å². The van der Waals surface area contributed by atoms with Crippen LogP contribution in [-0.4, -0.2) is 64.8 Å². The van der Waals surface area contributed by atoms with Crippen LogP contribution >= 0.6 is 0 Å². The summed E-state index contributed by atoms with van der Waals surface area (Å²) >= 11 is 0. The van der Waals surface area contributed by atoms with Crippen molar-refractivity contribution >= 4 is 29.6 Å². The van der Waals surface area contributed by atoms with Crippen molar-refractivity contribution in [3.8, 4) is 0 Å². The highest BCUT2D eigenvalue weighted by Gasteiger charge is 2.69. The predicted molar refractivity (Wildman–Crippen MR) is 134 cm³/mol. The summed E-state index contributed by atoms with van der Waals surface area (Å²) in [7, 11) is 0. The molecule has 10 heteroatoms. The predicted octanol–water partition coefficient (Wildman–Crippen LogP) is 1.99. The Labute approximate surface area is 214 Å². The van der Waals surface area contributed by atoms with Gasteiger partial charge in [-0.05, 0) is 55.8 Å². The molecule has 1 heterocycles. The molecule has 0 aromatic rings. The molecule has 2 unspecified atom stereocenters. The Kier molecular flexibility index (Phi) is 8.23. The number of rotatable bonds is 8. The summed E-state index contributed by atoms with van der Waals surface area (Å²) in [5.41, 5.74) is 3.65. The molecular formula is C26H44N4O6. The van der Waals surface area contributed by atoms with Gasteiger partial charge in [0.25, 0.3) is 5.91 Å². The van der Waals surface area contributed by atoms with E-state index < -0.39 is 58.7 Å². The first-order valence-corrected chi connectivity index (χ1v) is 12.6. The van der Waals surface area contributed by atoms with Gasteiger partial charge >= 0.3 is 6.09 Å². The highest BCUT2D eigenvalue weighted by atomic mass is 16.6. The van der Waals surface area contributed by atoms with Crippen molar-refractivity contribution in [3.05, 3.63) is 0 Å². The number of primary amides is 1. The highest BCUT2D eigenvalue weighted by molar-refractivity contribution is 6.37. The van der Waals surface area contributed by atoms with Crippen LogP contribution in [0.2, 0.25) is 0 Å². The Bertz CT molecular complexity index is 914. The minimum atomic E-state index is -1.11.